The number of carbonyl (C=O) groups is 7. The van der Waals surface area contributed by atoms with Crippen molar-refractivity contribution in [3.8, 4) is 0 Å². The highest BCUT2D eigenvalue weighted by atomic mass is 32.1. The summed E-state index contributed by atoms with van der Waals surface area (Å²) < 4.78 is 15.4. The van der Waals surface area contributed by atoms with E-state index < -0.39 is 5.92 Å². The predicted octanol–water partition coefficient (Wildman–Crippen LogP) is 15.4. The summed E-state index contributed by atoms with van der Waals surface area (Å²) in [5.74, 6) is -0.234. The minimum atomic E-state index is -0.559. The molecule has 24 nitrogen and oxygen atoms in total. The number of thiophene rings is 4. The number of aliphatic hydroxyl groups is 3. The second kappa shape index (κ2) is 58.3. The third kappa shape index (κ3) is 35.3. The number of rotatable bonds is 42. The van der Waals surface area contributed by atoms with Crippen LogP contribution < -0.4 is 22.9 Å². The molecule has 7 atom stereocenters. The Labute approximate surface area is 750 Å². The molecule has 14 rings (SSSR count). The number of aryl methyl sites for hydroxylation is 7. The maximum atomic E-state index is 12.2. The van der Waals surface area contributed by atoms with Crippen LogP contribution in [0.4, 0.5) is 0 Å². The number of ketones is 7. The average Bonchev–Trinajstić information content (AvgIpc) is 1.72. The molecule has 0 radical (unpaired) electrons. The first-order chi connectivity index (χ1) is 61.7. The van der Waals surface area contributed by atoms with Crippen molar-refractivity contribution >= 4 is 85.8 Å². The lowest BCUT2D eigenvalue weighted by molar-refractivity contribution is -0.122. The highest BCUT2D eigenvalue weighted by molar-refractivity contribution is 7.10. The van der Waals surface area contributed by atoms with Gasteiger partial charge in [0.15, 0.2) is 0 Å². The minimum absolute atomic E-state index is 0.0173. The van der Waals surface area contributed by atoms with Gasteiger partial charge < -0.3 is 51.5 Å². The molecular weight excluding hydrogens is 1670 g/mol. The van der Waals surface area contributed by atoms with Crippen LogP contribution >= 0.6 is 45.3 Å². The molecule has 0 amide bonds. The van der Waals surface area contributed by atoms with E-state index in [2.05, 4.69) is 34.9 Å². The molecule has 0 aliphatic carbocycles. The van der Waals surface area contributed by atoms with Gasteiger partial charge in [-0.2, -0.15) is 22.7 Å². The van der Waals surface area contributed by atoms with Crippen molar-refractivity contribution in [1.82, 2.24) is 34.9 Å². The van der Waals surface area contributed by atoms with E-state index in [1.54, 1.807) is 170 Å². The van der Waals surface area contributed by atoms with Crippen LogP contribution in [0.1, 0.15) is 163 Å². The van der Waals surface area contributed by atoms with Gasteiger partial charge in [0.2, 0.25) is 0 Å². The molecule has 14 aromatic rings. The molecule has 14 aromatic heterocycles. The van der Waals surface area contributed by atoms with Gasteiger partial charge in [0.1, 0.15) is 52.0 Å². The first-order valence-electron chi connectivity index (χ1n) is 41.4. The van der Waals surface area contributed by atoms with Gasteiger partial charge in [0, 0.05) is 173 Å². The molecule has 0 saturated heterocycles. The molecule has 0 spiro atoms. The van der Waals surface area contributed by atoms with E-state index in [4.69, 9.17) is 36.2 Å². The van der Waals surface area contributed by atoms with Crippen molar-refractivity contribution in [1.29, 1.82) is 0 Å². The normalized spacial score (nSPS) is 12.3. The van der Waals surface area contributed by atoms with E-state index in [9.17, 15) is 48.9 Å². The third-order valence-electron chi connectivity index (χ3n) is 20.3. The van der Waals surface area contributed by atoms with Crippen LogP contribution in [-0.4, -0.2) is 137 Å². The van der Waals surface area contributed by atoms with Gasteiger partial charge in [-0.15, -0.1) is 22.7 Å². The van der Waals surface area contributed by atoms with Gasteiger partial charge in [-0.1, -0.05) is 54.6 Å². The van der Waals surface area contributed by atoms with Crippen molar-refractivity contribution in [3.63, 3.8) is 0 Å². The van der Waals surface area contributed by atoms with Crippen LogP contribution in [0.5, 0.6) is 0 Å². The molecule has 126 heavy (non-hydrogen) atoms. The Balaban J connectivity index is 0.000000182. The lowest BCUT2D eigenvalue weighted by atomic mass is 9.93. The quantitative estimate of drug-likeness (QED) is 0.0187. The van der Waals surface area contributed by atoms with Crippen molar-refractivity contribution in [2.45, 2.75) is 131 Å². The van der Waals surface area contributed by atoms with E-state index in [0.717, 1.165) is 78.2 Å². The highest BCUT2D eigenvalue weighted by Crippen LogP contribution is 2.28. The summed E-state index contributed by atoms with van der Waals surface area (Å²) in [6.07, 6.45) is 38.7. The summed E-state index contributed by atoms with van der Waals surface area (Å²) >= 11 is 6.24. The monoisotopic (exact) mass is 1780 g/mol. The van der Waals surface area contributed by atoms with Crippen molar-refractivity contribution in [3.05, 3.63) is 373 Å². The van der Waals surface area contributed by atoms with Crippen LogP contribution in [0.3, 0.4) is 0 Å². The van der Waals surface area contributed by atoms with Gasteiger partial charge >= 0.3 is 0 Å². The van der Waals surface area contributed by atoms with E-state index >= 15 is 0 Å². The second-order valence-electron chi connectivity index (χ2n) is 28.9. The zero-order valence-corrected chi connectivity index (χ0v) is 73.4. The highest BCUT2D eigenvalue weighted by Gasteiger charge is 2.27. The molecule has 0 aliphatic heterocycles. The summed E-state index contributed by atoms with van der Waals surface area (Å²) in [7, 11) is 0. The molecule has 0 bridgehead atoms. The summed E-state index contributed by atoms with van der Waals surface area (Å²) in [6.45, 7) is 0.883. The lowest BCUT2D eigenvalue weighted by Crippen LogP contribution is -2.21. The first-order valence-corrected chi connectivity index (χ1v) is 45.1. The van der Waals surface area contributed by atoms with Crippen LogP contribution in [0.2, 0.25) is 0 Å². The number of aliphatic hydroxyl groups excluding tert-OH is 3. The fourth-order valence-electron chi connectivity index (χ4n) is 13.1. The molecule has 0 fully saturated rings. The van der Waals surface area contributed by atoms with Crippen LogP contribution in [0, 0.1) is 0 Å². The standard InChI is InChI=1S/2C14H16N2O2.2C14H16N2OS.C14H15NO3.2C14H15NO2S/c15-9-12(14-4-2-8-18-14)13(17)6-5-11-3-1-7-16-10-11;15-8-13(12-5-7-18-10-12)14(17)4-3-11-2-1-6-16-9-11;15-9-12(14-4-2-8-18-14)13(17)6-5-11-3-1-7-16-10-11;15-8-13(12-5-7-18-10-12)14(17)4-3-11-2-1-6-16-9-11;2*16-10-12(14-4-2-8-18-14)13(17)6-5-11-3-1-7-15-9-11;16-9-13(12-5-7-18-10-12)14(17)4-3-11-2-1-6-15-8-11/h1-4,7-8,10,12H,5-6,9,15H2;1-2,5-7,9-10,13H,3-4,8,15H2;1-4,7-8,10,12H,5-6,9,15H2;1-2,5-7,9-10,13H,3-4,8,15H2;2*1-4,7-9,12,16H,5-6,10H2;1-2,5-8,10,13,16H,3-4,9H2/t12-;13-;12-;13-;2*12-;13-/m0001110/s1. The van der Waals surface area contributed by atoms with Crippen LogP contribution in [0.25, 0.3) is 0 Å². The topological polar surface area (TPSA) is 414 Å². The average molecular weight is 1780 g/mol. The van der Waals surface area contributed by atoms with Gasteiger partial charge in [-0.3, -0.25) is 68.4 Å². The molecule has 0 aliphatic rings. The van der Waals surface area contributed by atoms with E-state index in [0.29, 0.717) is 108 Å². The molecule has 0 unspecified atom stereocenters. The SMILES string of the molecule is NC[C@@H](C(=O)CCc1cccnc1)c1ccco1.NC[C@@H](C(=O)CCc1cccnc1)c1cccs1.NC[C@@H](C(=O)CCc1cccnc1)c1ccsc1.NC[C@H](C(=O)CCc1cccnc1)c1ccoc1.O=C(CCc1cccnc1)[C@@H](CO)c1ccco1.O=C(CCc1cccnc1)[C@@H](CO)c1cccs1.O=C(CCc1cccnc1)[C@@H](CO)c1ccsc1. The molecule has 0 saturated carbocycles. The molecule has 28 heteroatoms. The summed E-state index contributed by atoms with van der Waals surface area (Å²) in [6, 6.07) is 47.2. The third-order valence-corrected chi connectivity index (χ3v) is 23.6. The molecule has 11 N–H and O–H groups in total. The summed E-state index contributed by atoms with van der Waals surface area (Å²) in [5, 5.41) is 39.7. The van der Waals surface area contributed by atoms with Gasteiger partial charge in [0.25, 0.3) is 0 Å². The van der Waals surface area contributed by atoms with E-state index in [1.807, 2.05) is 154 Å². The maximum Gasteiger partial charge on any atom is 0.146 e. The van der Waals surface area contributed by atoms with Gasteiger partial charge in [0.05, 0.1) is 86.3 Å². The van der Waals surface area contributed by atoms with Gasteiger partial charge in [-0.25, -0.2) is 0 Å². The Morgan fingerprint density at radius 3 is 0.857 bits per heavy atom. The second-order valence-corrected chi connectivity index (χ2v) is 32.4. The smallest absolute Gasteiger partial charge is 0.146 e. The number of Topliss-reactive ketones (excluding diaryl/α,β-unsaturated/α-hetero) is 7. The number of hydrogen-bond donors (Lipinski definition) is 7. The fraction of sp³-hybridized carbons (Fsp3) is 0.286. The zero-order valence-electron chi connectivity index (χ0n) is 70.2. The van der Waals surface area contributed by atoms with E-state index in [1.165, 1.54) is 17.6 Å². The number of nitrogens with two attached hydrogens (primary N) is 4. The Kier molecular flexibility index (Phi) is 46.1. The van der Waals surface area contributed by atoms with Crippen molar-refractivity contribution in [2.24, 2.45) is 22.9 Å². The van der Waals surface area contributed by atoms with Crippen molar-refractivity contribution < 1.29 is 62.1 Å². The number of furan rings is 3. The largest absolute Gasteiger partial charge is 0.472 e. The lowest BCUT2D eigenvalue weighted by Gasteiger charge is -2.11. The van der Waals surface area contributed by atoms with Gasteiger partial charge in [-0.05, 0) is 224 Å². The number of pyridine rings is 7. The Morgan fingerprint density at radius 1 is 0.294 bits per heavy atom. The molecule has 14 heterocycles. The predicted molar refractivity (Wildman–Crippen MR) is 493 cm³/mol. The molecule has 658 valence electrons. The molecule has 0 aromatic carbocycles. The molecular formula is C98H109N11O13S4. The number of aromatic nitrogens is 7. The summed E-state index contributed by atoms with van der Waals surface area (Å²) in [4.78, 5) is 115. The summed E-state index contributed by atoms with van der Waals surface area (Å²) in [5.41, 5.74) is 32.9. The maximum absolute atomic E-state index is 12.2. The number of hydrogen-bond acceptors (Lipinski definition) is 28. The Bertz CT molecular complexity index is 4290. The Hall–Kier alpha value is -11.9. The number of nitrogens with zero attached hydrogens (tertiary/aromatic N) is 7. The minimum Gasteiger partial charge on any atom is -0.472 e. The van der Waals surface area contributed by atoms with Crippen molar-refractivity contribution in [2.75, 3.05) is 46.0 Å². The van der Waals surface area contributed by atoms with Crippen LogP contribution in [-0.2, 0) is 78.5 Å². The fourth-order valence-corrected chi connectivity index (χ4v) is 16.2. The Morgan fingerprint density at radius 2 is 0.587 bits per heavy atom. The first kappa shape index (κ1) is 99.5. The van der Waals surface area contributed by atoms with E-state index in [-0.39, 0.29) is 102 Å². The van der Waals surface area contributed by atoms with Crippen LogP contribution in [0.15, 0.2) is 309 Å². The zero-order chi connectivity index (χ0) is 89.6. The number of carbonyl (C=O) groups excluding carboxylic acids is 7.